The summed E-state index contributed by atoms with van der Waals surface area (Å²) >= 11 is 1.95. The van der Waals surface area contributed by atoms with Gasteiger partial charge < -0.3 is 9.13 Å². The topological polar surface area (TPSA) is 9.86 Å². The van der Waals surface area contributed by atoms with Gasteiger partial charge in [0.2, 0.25) is 0 Å². The maximum Gasteiger partial charge on any atom is 0.0561 e. The largest absolute Gasteiger partial charge is 0.309 e. The van der Waals surface area contributed by atoms with Crippen molar-refractivity contribution >= 4 is 71.1 Å². The van der Waals surface area contributed by atoms with E-state index in [2.05, 4.69) is 155 Å². The van der Waals surface area contributed by atoms with Gasteiger partial charge in [-0.1, -0.05) is 97.1 Å². The maximum absolute atomic E-state index is 2.50. The lowest BCUT2D eigenvalue weighted by Crippen LogP contribution is -1.97. The average Bonchev–Trinajstić information content (AvgIpc) is 3.76. The first-order chi connectivity index (χ1) is 22.3. The van der Waals surface area contributed by atoms with Gasteiger partial charge in [0.15, 0.2) is 0 Å². The normalized spacial score (nSPS) is 13.1. The number of benzene rings is 6. The van der Waals surface area contributed by atoms with Crippen LogP contribution in [-0.2, 0) is 6.42 Å². The molecule has 10 rings (SSSR count). The van der Waals surface area contributed by atoms with Gasteiger partial charge in [-0.3, -0.25) is 0 Å². The van der Waals surface area contributed by atoms with Crippen LogP contribution in [0.2, 0.25) is 0 Å². The third-order valence-electron chi connectivity index (χ3n) is 9.59. The average molecular weight is 593 g/mol. The van der Waals surface area contributed by atoms with E-state index in [0.29, 0.717) is 0 Å². The lowest BCUT2D eigenvalue weighted by atomic mass is 9.99. The Morgan fingerprint density at radius 3 is 2.09 bits per heavy atom. The molecule has 0 saturated carbocycles. The molecule has 0 radical (unpaired) electrons. The molecule has 1 aliphatic rings. The van der Waals surface area contributed by atoms with E-state index in [1.54, 1.807) is 0 Å². The molecule has 0 saturated heterocycles. The SMILES string of the molecule is C1=Cc2sc3c(ccc4c3c3ccc(-c5ccccc5)cc3n4-c3ccc4c5ccccc5n(-c5ccccc5)c4c3)c2CC1. The van der Waals surface area contributed by atoms with Crippen LogP contribution in [0, 0.1) is 0 Å². The lowest BCUT2D eigenvalue weighted by Gasteiger charge is -2.12. The molecule has 3 aromatic heterocycles. The van der Waals surface area contributed by atoms with E-state index in [1.807, 2.05) is 11.3 Å². The second-order valence-electron chi connectivity index (χ2n) is 12.0. The first-order valence-corrected chi connectivity index (χ1v) is 16.5. The van der Waals surface area contributed by atoms with Gasteiger partial charge in [0, 0.05) is 42.5 Å². The molecule has 0 atom stereocenters. The molecule has 0 unspecified atom stereocenters. The molecule has 9 aromatic rings. The molecule has 3 heterocycles. The van der Waals surface area contributed by atoms with Crippen molar-refractivity contribution in [2.75, 3.05) is 0 Å². The van der Waals surface area contributed by atoms with Crippen molar-refractivity contribution in [2.45, 2.75) is 12.8 Å². The maximum atomic E-state index is 2.50. The minimum absolute atomic E-state index is 1.12. The fourth-order valence-corrected chi connectivity index (χ4v) is 8.91. The molecule has 45 heavy (non-hydrogen) atoms. The van der Waals surface area contributed by atoms with Crippen molar-refractivity contribution < 1.29 is 0 Å². The quantitative estimate of drug-likeness (QED) is 0.193. The minimum atomic E-state index is 1.12. The Balaban J connectivity index is 1.32. The standard InChI is InChI=1S/C42H28N2S/c1-3-11-27(12-4-1)28-19-21-35-38(25-28)44(37-24-23-34-33-16-8-10-18-40(33)45-42(34)41(35)37)30-20-22-32-31-15-7-9-17-36(31)43(39(32)26-30)29-13-5-2-6-14-29/h1-7,9-15,17-26H,8,16H2. The van der Waals surface area contributed by atoms with Crippen LogP contribution < -0.4 is 0 Å². The van der Waals surface area contributed by atoms with Crippen molar-refractivity contribution in [3.05, 3.63) is 150 Å². The van der Waals surface area contributed by atoms with Crippen LogP contribution in [-0.4, -0.2) is 9.13 Å². The summed E-state index contributed by atoms with van der Waals surface area (Å²) in [6, 6.07) is 49.0. The van der Waals surface area contributed by atoms with Gasteiger partial charge in [-0.2, -0.15) is 0 Å². The monoisotopic (exact) mass is 592 g/mol. The van der Waals surface area contributed by atoms with Crippen LogP contribution >= 0.6 is 11.3 Å². The summed E-state index contributed by atoms with van der Waals surface area (Å²) in [6.07, 6.45) is 6.90. The number of para-hydroxylation sites is 2. The van der Waals surface area contributed by atoms with Gasteiger partial charge in [0.05, 0.1) is 22.1 Å². The second kappa shape index (κ2) is 9.56. The summed E-state index contributed by atoms with van der Waals surface area (Å²) < 4.78 is 6.31. The number of hydrogen-bond acceptors (Lipinski definition) is 1. The molecule has 0 fully saturated rings. The van der Waals surface area contributed by atoms with Crippen LogP contribution in [0.5, 0.6) is 0 Å². The van der Waals surface area contributed by atoms with Crippen molar-refractivity contribution in [1.29, 1.82) is 0 Å². The molecular weight excluding hydrogens is 565 g/mol. The summed E-state index contributed by atoms with van der Waals surface area (Å²) in [7, 11) is 0. The van der Waals surface area contributed by atoms with Gasteiger partial charge in [-0.15, -0.1) is 11.3 Å². The molecule has 0 aliphatic heterocycles. The van der Waals surface area contributed by atoms with Crippen molar-refractivity contribution in [2.24, 2.45) is 0 Å². The summed E-state index contributed by atoms with van der Waals surface area (Å²) in [4.78, 5) is 1.42. The summed E-state index contributed by atoms with van der Waals surface area (Å²) in [5.74, 6) is 0. The second-order valence-corrected chi connectivity index (χ2v) is 13.1. The van der Waals surface area contributed by atoms with E-state index in [0.717, 1.165) is 12.8 Å². The highest BCUT2D eigenvalue weighted by Gasteiger charge is 2.21. The summed E-state index contributed by atoms with van der Waals surface area (Å²) in [5.41, 5.74) is 11.3. The van der Waals surface area contributed by atoms with Crippen LogP contribution in [0.15, 0.2) is 140 Å². The van der Waals surface area contributed by atoms with E-state index in [4.69, 9.17) is 0 Å². The zero-order valence-electron chi connectivity index (χ0n) is 24.6. The molecule has 1 aliphatic carbocycles. The predicted octanol–water partition coefficient (Wildman–Crippen LogP) is 11.7. The highest BCUT2D eigenvalue weighted by molar-refractivity contribution is 7.21. The molecule has 0 spiro atoms. The highest BCUT2D eigenvalue weighted by Crippen LogP contribution is 2.45. The van der Waals surface area contributed by atoms with E-state index in [1.165, 1.54) is 86.6 Å². The Kier molecular flexibility index (Phi) is 5.31. The molecular formula is C42H28N2S. The van der Waals surface area contributed by atoms with Gasteiger partial charge in [0.1, 0.15) is 0 Å². The van der Waals surface area contributed by atoms with Gasteiger partial charge >= 0.3 is 0 Å². The Bertz CT molecular complexity index is 2630. The van der Waals surface area contributed by atoms with E-state index in [-0.39, 0.29) is 0 Å². The predicted molar refractivity (Wildman–Crippen MR) is 193 cm³/mol. The van der Waals surface area contributed by atoms with E-state index < -0.39 is 0 Å². The summed E-state index contributed by atoms with van der Waals surface area (Å²) in [5, 5.41) is 6.62. The van der Waals surface area contributed by atoms with Gasteiger partial charge in [0.25, 0.3) is 0 Å². The Morgan fingerprint density at radius 2 is 1.20 bits per heavy atom. The third-order valence-corrected chi connectivity index (χ3v) is 10.8. The number of aryl methyl sites for hydroxylation is 1. The van der Waals surface area contributed by atoms with Crippen LogP contribution in [0.3, 0.4) is 0 Å². The number of fused-ring (bicyclic) bond motifs is 10. The zero-order valence-corrected chi connectivity index (χ0v) is 25.4. The first-order valence-electron chi connectivity index (χ1n) is 15.7. The summed E-state index contributed by atoms with van der Waals surface area (Å²) in [6.45, 7) is 0. The number of nitrogens with zero attached hydrogens (tertiary/aromatic N) is 2. The Morgan fingerprint density at radius 1 is 0.489 bits per heavy atom. The fourth-order valence-electron chi connectivity index (χ4n) is 7.58. The number of rotatable bonds is 3. The van der Waals surface area contributed by atoms with E-state index >= 15 is 0 Å². The smallest absolute Gasteiger partial charge is 0.0561 e. The van der Waals surface area contributed by atoms with Crippen molar-refractivity contribution in [1.82, 2.24) is 9.13 Å². The molecule has 212 valence electrons. The first kappa shape index (κ1) is 25.0. The van der Waals surface area contributed by atoms with Gasteiger partial charge in [-0.25, -0.2) is 0 Å². The van der Waals surface area contributed by atoms with Crippen molar-refractivity contribution in [3.63, 3.8) is 0 Å². The number of thiophene rings is 1. The number of allylic oxidation sites excluding steroid dienone is 1. The molecule has 0 amide bonds. The number of hydrogen-bond donors (Lipinski definition) is 0. The Hall–Kier alpha value is -5.38. The molecule has 2 nitrogen and oxygen atoms in total. The minimum Gasteiger partial charge on any atom is -0.309 e. The molecule has 6 aromatic carbocycles. The van der Waals surface area contributed by atoms with Crippen LogP contribution in [0.4, 0.5) is 0 Å². The van der Waals surface area contributed by atoms with Gasteiger partial charge in [-0.05, 0) is 83.5 Å². The van der Waals surface area contributed by atoms with Crippen molar-refractivity contribution in [3.8, 4) is 22.5 Å². The lowest BCUT2D eigenvalue weighted by molar-refractivity contribution is 1.01. The van der Waals surface area contributed by atoms with Crippen LogP contribution in [0.25, 0.3) is 82.3 Å². The van der Waals surface area contributed by atoms with E-state index in [9.17, 15) is 0 Å². The number of aromatic nitrogens is 2. The third kappa shape index (κ3) is 3.62. The van der Waals surface area contributed by atoms with Crippen LogP contribution in [0.1, 0.15) is 16.9 Å². The molecule has 0 N–H and O–H groups in total. The molecule has 3 heteroatoms. The highest BCUT2D eigenvalue weighted by atomic mass is 32.1. The molecule has 0 bridgehead atoms. The fraction of sp³-hybridized carbons (Fsp3) is 0.0476. The zero-order chi connectivity index (χ0) is 29.5. The Labute approximate surface area is 264 Å².